The molecule has 152 valence electrons. The van der Waals surface area contributed by atoms with Gasteiger partial charge in [-0.05, 0) is 38.1 Å². The molecule has 3 amide bonds. The maximum absolute atomic E-state index is 12.2. The van der Waals surface area contributed by atoms with Crippen molar-refractivity contribution in [2.24, 2.45) is 0 Å². The van der Waals surface area contributed by atoms with Gasteiger partial charge in [0.15, 0.2) is 4.34 Å². The Labute approximate surface area is 166 Å². The van der Waals surface area contributed by atoms with Crippen LogP contribution in [0.4, 0.5) is 28.8 Å². The molecule has 3 N–H and O–H groups in total. The number of amides is 3. The topological polar surface area (TPSA) is 105 Å². The maximum atomic E-state index is 12.2. The summed E-state index contributed by atoms with van der Waals surface area (Å²) in [7, 11) is 0. The van der Waals surface area contributed by atoms with Gasteiger partial charge in [-0.3, -0.25) is 10.1 Å². The molecule has 0 saturated heterocycles. The zero-order chi connectivity index (χ0) is 20.7. The van der Waals surface area contributed by atoms with Crippen molar-refractivity contribution in [3.63, 3.8) is 0 Å². The highest BCUT2D eigenvalue weighted by Gasteiger charge is 2.31. The summed E-state index contributed by atoms with van der Waals surface area (Å²) >= 11 is 2.27. The van der Waals surface area contributed by atoms with Crippen molar-refractivity contribution >= 4 is 45.9 Å². The Kier molecular flexibility index (Phi) is 7.45. The Balaban J connectivity index is 1.89. The van der Waals surface area contributed by atoms with E-state index in [1.165, 1.54) is 24.3 Å². The molecule has 1 unspecified atom stereocenters. The molecular formula is C15H16F3N5O3S2. The molecule has 0 radical (unpaired) electrons. The van der Waals surface area contributed by atoms with E-state index in [1.54, 1.807) is 13.8 Å². The largest absolute Gasteiger partial charge is 0.573 e. The molecule has 2 aromatic rings. The second-order valence-corrected chi connectivity index (χ2v) is 7.74. The Morgan fingerprint density at radius 1 is 1.25 bits per heavy atom. The van der Waals surface area contributed by atoms with Gasteiger partial charge in [-0.1, -0.05) is 23.1 Å². The second-order valence-electron chi connectivity index (χ2n) is 5.18. The summed E-state index contributed by atoms with van der Waals surface area (Å²) in [5.74, 6) is -0.806. The Morgan fingerprint density at radius 3 is 2.54 bits per heavy atom. The third kappa shape index (κ3) is 7.23. The van der Waals surface area contributed by atoms with Gasteiger partial charge in [-0.25, -0.2) is 4.79 Å². The van der Waals surface area contributed by atoms with Crippen molar-refractivity contribution in [2.75, 3.05) is 11.9 Å². The molecule has 1 heterocycles. The molecule has 8 nitrogen and oxygen atoms in total. The van der Waals surface area contributed by atoms with Crippen molar-refractivity contribution in [3.05, 3.63) is 24.3 Å². The number of rotatable bonds is 7. The first-order valence-electron chi connectivity index (χ1n) is 7.88. The highest BCUT2D eigenvalue weighted by molar-refractivity contribution is 8.02. The number of aromatic nitrogens is 2. The summed E-state index contributed by atoms with van der Waals surface area (Å²) in [6, 6.07) is 4.56. The molecule has 1 atom stereocenters. The minimum Gasteiger partial charge on any atom is -0.406 e. The summed E-state index contributed by atoms with van der Waals surface area (Å²) in [4.78, 5) is 23.3. The van der Waals surface area contributed by atoms with Crippen molar-refractivity contribution < 1.29 is 27.5 Å². The van der Waals surface area contributed by atoms with Crippen LogP contribution < -0.4 is 20.7 Å². The van der Waals surface area contributed by atoms with Crippen molar-refractivity contribution in [1.82, 2.24) is 20.8 Å². The van der Waals surface area contributed by atoms with Crippen LogP contribution in [0.25, 0.3) is 0 Å². The van der Waals surface area contributed by atoms with Crippen LogP contribution in [-0.2, 0) is 4.79 Å². The molecular weight excluding hydrogens is 419 g/mol. The predicted molar refractivity (Wildman–Crippen MR) is 98.9 cm³/mol. The summed E-state index contributed by atoms with van der Waals surface area (Å²) in [5.41, 5.74) is 0.490. The zero-order valence-electron chi connectivity index (χ0n) is 14.7. The van der Waals surface area contributed by atoms with E-state index in [1.807, 2.05) is 0 Å². The lowest BCUT2D eigenvalue weighted by Gasteiger charge is -2.09. The number of urea groups is 1. The fraction of sp³-hybridized carbons (Fsp3) is 0.333. The molecule has 0 aliphatic rings. The number of hydrogen-bond acceptors (Lipinski definition) is 8. The smallest absolute Gasteiger partial charge is 0.406 e. The van der Waals surface area contributed by atoms with Crippen LogP contribution in [0.1, 0.15) is 13.8 Å². The fourth-order valence-electron chi connectivity index (χ4n) is 1.79. The van der Waals surface area contributed by atoms with E-state index in [2.05, 4.69) is 30.9 Å². The summed E-state index contributed by atoms with van der Waals surface area (Å²) in [5, 5.41) is 15.2. The lowest BCUT2D eigenvalue weighted by atomic mass is 10.3. The average molecular weight is 435 g/mol. The number of carbonyl (C=O) groups excluding carboxylic acids is 2. The molecule has 28 heavy (non-hydrogen) atoms. The van der Waals surface area contributed by atoms with E-state index in [0.29, 0.717) is 21.7 Å². The first kappa shape index (κ1) is 21.8. The standard InChI is InChI=1S/C15H16F3N5O3S2/c1-3-19-12(25)21-11(24)8(2)27-14-23-22-13(28-14)20-9-4-6-10(7-5-9)26-15(16,17)18/h4-8H,3H2,1-2H3,(H,20,22)(H2,19,21,24,25). The van der Waals surface area contributed by atoms with Crippen molar-refractivity contribution in [3.8, 4) is 5.75 Å². The normalized spacial score (nSPS) is 12.2. The Hall–Kier alpha value is -2.54. The summed E-state index contributed by atoms with van der Waals surface area (Å²) < 4.78 is 40.7. The number of imide groups is 1. The molecule has 1 aromatic heterocycles. The van der Waals surface area contributed by atoms with Gasteiger partial charge in [0.05, 0.1) is 5.25 Å². The SMILES string of the molecule is CCNC(=O)NC(=O)C(C)Sc1nnc(Nc2ccc(OC(F)(F)F)cc2)s1. The van der Waals surface area contributed by atoms with Gasteiger partial charge in [0, 0.05) is 12.2 Å². The highest BCUT2D eigenvalue weighted by atomic mass is 32.2. The van der Waals surface area contributed by atoms with Crippen LogP contribution >= 0.6 is 23.1 Å². The first-order valence-corrected chi connectivity index (χ1v) is 9.57. The van der Waals surface area contributed by atoms with Crippen LogP contribution in [0.2, 0.25) is 0 Å². The molecule has 0 fully saturated rings. The van der Waals surface area contributed by atoms with Crippen LogP contribution in [0, 0.1) is 0 Å². The van der Waals surface area contributed by atoms with Gasteiger partial charge >= 0.3 is 12.4 Å². The molecule has 13 heteroatoms. The van der Waals surface area contributed by atoms with Gasteiger partial charge < -0.3 is 15.4 Å². The van der Waals surface area contributed by atoms with Gasteiger partial charge in [0.25, 0.3) is 0 Å². The van der Waals surface area contributed by atoms with E-state index < -0.39 is 23.6 Å². The third-order valence-corrected chi connectivity index (χ3v) is 4.99. The lowest BCUT2D eigenvalue weighted by molar-refractivity contribution is -0.274. The van der Waals surface area contributed by atoms with Gasteiger partial charge in [0.1, 0.15) is 5.75 Å². The number of nitrogens with zero attached hydrogens (tertiary/aromatic N) is 2. The number of thioether (sulfide) groups is 1. The molecule has 2 rings (SSSR count). The Bertz CT molecular complexity index is 814. The van der Waals surface area contributed by atoms with Crippen LogP contribution in [0.5, 0.6) is 5.75 Å². The van der Waals surface area contributed by atoms with Crippen LogP contribution in [0.3, 0.4) is 0 Å². The fourth-order valence-corrected chi connectivity index (χ4v) is 3.71. The zero-order valence-corrected chi connectivity index (χ0v) is 16.3. The van der Waals surface area contributed by atoms with Crippen molar-refractivity contribution in [1.29, 1.82) is 0 Å². The average Bonchev–Trinajstić information content (AvgIpc) is 3.02. The van der Waals surface area contributed by atoms with Gasteiger partial charge in [0.2, 0.25) is 11.0 Å². The molecule has 1 aromatic carbocycles. The Morgan fingerprint density at radius 2 is 1.93 bits per heavy atom. The number of carbonyl (C=O) groups is 2. The summed E-state index contributed by atoms with van der Waals surface area (Å²) in [6.45, 7) is 3.75. The van der Waals surface area contributed by atoms with E-state index in [9.17, 15) is 22.8 Å². The molecule has 0 saturated carbocycles. The van der Waals surface area contributed by atoms with Gasteiger partial charge in [-0.15, -0.1) is 23.4 Å². The number of alkyl halides is 3. The number of anilines is 2. The monoisotopic (exact) mass is 435 g/mol. The quantitative estimate of drug-likeness (QED) is 0.572. The lowest BCUT2D eigenvalue weighted by Crippen LogP contribution is -2.42. The minimum atomic E-state index is -4.75. The van der Waals surface area contributed by atoms with E-state index >= 15 is 0 Å². The van der Waals surface area contributed by atoms with Crippen molar-refractivity contribution in [2.45, 2.75) is 29.8 Å². The first-order chi connectivity index (χ1) is 13.2. The maximum Gasteiger partial charge on any atom is 0.573 e. The third-order valence-electron chi connectivity index (χ3n) is 2.97. The van der Waals surface area contributed by atoms with Gasteiger partial charge in [-0.2, -0.15) is 0 Å². The predicted octanol–water partition coefficient (Wildman–Crippen LogP) is 3.51. The summed E-state index contributed by atoms with van der Waals surface area (Å²) in [6.07, 6.45) is -4.75. The van der Waals surface area contributed by atoms with E-state index in [-0.39, 0.29) is 5.75 Å². The molecule has 0 spiro atoms. The second kappa shape index (κ2) is 9.59. The molecule has 0 aliphatic heterocycles. The van der Waals surface area contributed by atoms with E-state index in [0.717, 1.165) is 23.1 Å². The highest BCUT2D eigenvalue weighted by Crippen LogP contribution is 2.31. The van der Waals surface area contributed by atoms with Crippen LogP contribution in [-0.4, -0.2) is 40.3 Å². The molecule has 0 bridgehead atoms. The number of ether oxygens (including phenoxy) is 1. The minimum absolute atomic E-state index is 0.335. The van der Waals surface area contributed by atoms with E-state index in [4.69, 9.17) is 0 Å². The number of halogens is 3. The number of benzene rings is 1. The number of nitrogens with one attached hydrogen (secondary N) is 3. The molecule has 0 aliphatic carbocycles. The van der Waals surface area contributed by atoms with Crippen LogP contribution in [0.15, 0.2) is 28.6 Å². The number of hydrogen-bond donors (Lipinski definition) is 3.